The van der Waals surface area contributed by atoms with Gasteiger partial charge in [-0.25, -0.2) is 9.59 Å². The Morgan fingerprint density at radius 3 is 2.50 bits per heavy atom. The van der Waals surface area contributed by atoms with Gasteiger partial charge in [-0.2, -0.15) is 4.39 Å². The van der Waals surface area contributed by atoms with E-state index in [4.69, 9.17) is 9.47 Å². The van der Waals surface area contributed by atoms with Crippen LogP contribution in [-0.2, 0) is 14.3 Å². The summed E-state index contributed by atoms with van der Waals surface area (Å²) in [5.41, 5.74) is -0.472. The van der Waals surface area contributed by atoms with Crippen LogP contribution in [0.25, 0.3) is 0 Å². The summed E-state index contributed by atoms with van der Waals surface area (Å²) in [4.78, 5) is 45.8. The first kappa shape index (κ1) is 22.3. The van der Waals surface area contributed by atoms with Crippen LogP contribution in [0.5, 0.6) is 0 Å². The first-order valence-corrected chi connectivity index (χ1v) is 8.71. The third-order valence-electron chi connectivity index (χ3n) is 3.68. The molecule has 1 unspecified atom stereocenters. The molecule has 0 radical (unpaired) electrons. The Balaban J connectivity index is 2.01. The number of ether oxygens (including phenoxy) is 2. The van der Waals surface area contributed by atoms with Gasteiger partial charge in [-0.1, -0.05) is 6.07 Å². The molecule has 11 heteroatoms. The molecule has 0 bridgehead atoms. The molecular formula is C19H18FN3O7. The number of amides is 2. The van der Waals surface area contributed by atoms with Crippen LogP contribution in [0.2, 0.25) is 0 Å². The first-order valence-electron chi connectivity index (χ1n) is 8.71. The van der Waals surface area contributed by atoms with Crippen LogP contribution in [0.3, 0.4) is 0 Å². The molecule has 0 saturated heterocycles. The number of rotatable bonds is 7. The lowest BCUT2D eigenvalue weighted by molar-refractivity contribution is -0.387. The molecule has 0 saturated carbocycles. The minimum absolute atomic E-state index is 0.0309. The molecule has 2 N–H and O–H groups in total. The number of carbonyl (C=O) groups is 3. The largest absolute Gasteiger partial charge is 0.450 e. The normalized spacial score (nSPS) is 11.2. The maximum absolute atomic E-state index is 13.4. The number of carbonyl (C=O) groups excluding carboxylic acids is 3. The van der Waals surface area contributed by atoms with Crippen LogP contribution < -0.4 is 10.6 Å². The highest BCUT2D eigenvalue weighted by Gasteiger charge is 2.21. The second kappa shape index (κ2) is 9.96. The van der Waals surface area contributed by atoms with E-state index >= 15 is 0 Å². The first-order chi connectivity index (χ1) is 14.2. The van der Waals surface area contributed by atoms with Crippen molar-refractivity contribution in [1.82, 2.24) is 0 Å². The van der Waals surface area contributed by atoms with Gasteiger partial charge in [0.15, 0.2) is 6.10 Å². The molecule has 0 spiro atoms. The van der Waals surface area contributed by atoms with Gasteiger partial charge >= 0.3 is 17.7 Å². The second-order valence-electron chi connectivity index (χ2n) is 5.89. The molecule has 2 amide bonds. The highest BCUT2D eigenvalue weighted by Crippen LogP contribution is 2.22. The topological polar surface area (TPSA) is 137 Å². The van der Waals surface area contributed by atoms with Gasteiger partial charge in [-0.05, 0) is 44.2 Å². The van der Waals surface area contributed by atoms with Crippen LogP contribution in [0.4, 0.5) is 26.2 Å². The van der Waals surface area contributed by atoms with Gasteiger partial charge in [0.2, 0.25) is 5.82 Å². The van der Waals surface area contributed by atoms with E-state index in [9.17, 15) is 28.9 Å². The Bertz CT molecular complexity index is 980. The van der Waals surface area contributed by atoms with E-state index < -0.39 is 40.5 Å². The molecule has 158 valence electrons. The summed E-state index contributed by atoms with van der Waals surface area (Å²) >= 11 is 0. The zero-order valence-electron chi connectivity index (χ0n) is 16.0. The van der Waals surface area contributed by atoms with Crippen LogP contribution in [0.1, 0.15) is 24.2 Å². The highest BCUT2D eigenvalue weighted by atomic mass is 19.1. The number of halogens is 1. The number of hydrogen-bond donors (Lipinski definition) is 2. The van der Waals surface area contributed by atoms with Crippen molar-refractivity contribution in [3.63, 3.8) is 0 Å². The average molecular weight is 419 g/mol. The van der Waals surface area contributed by atoms with E-state index in [0.717, 1.165) is 18.2 Å². The van der Waals surface area contributed by atoms with Gasteiger partial charge in [0.1, 0.15) is 0 Å². The lowest BCUT2D eigenvalue weighted by Crippen LogP contribution is -2.30. The minimum Gasteiger partial charge on any atom is -0.450 e. The summed E-state index contributed by atoms with van der Waals surface area (Å²) in [5.74, 6) is -2.66. The van der Waals surface area contributed by atoms with Gasteiger partial charge in [0.25, 0.3) is 5.91 Å². The van der Waals surface area contributed by atoms with Gasteiger partial charge in [-0.15, -0.1) is 0 Å². The number of nitrogens with one attached hydrogen (secondary N) is 2. The Labute approximate surface area is 170 Å². The lowest BCUT2D eigenvalue weighted by atomic mass is 10.2. The van der Waals surface area contributed by atoms with E-state index in [1.807, 2.05) is 0 Å². The molecule has 0 aromatic heterocycles. The number of nitrogens with zero attached hydrogens (tertiary/aromatic N) is 1. The number of nitro benzene ring substituents is 1. The molecule has 1 atom stereocenters. The third kappa shape index (κ3) is 5.99. The van der Waals surface area contributed by atoms with Gasteiger partial charge in [-0.3, -0.25) is 20.2 Å². The predicted octanol–water partition coefficient (Wildman–Crippen LogP) is 3.49. The van der Waals surface area contributed by atoms with E-state index in [1.54, 1.807) is 6.92 Å². The van der Waals surface area contributed by atoms with Crippen molar-refractivity contribution in [1.29, 1.82) is 0 Å². The number of anilines is 2. The van der Waals surface area contributed by atoms with Crippen LogP contribution in [0.15, 0.2) is 42.5 Å². The van der Waals surface area contributed by atoms with E-state index in [-0.39, 0.29) is 17.9 Å². The Kier molecular flexibility index (Phi) is 7.39. The van der Waals surface area contributed by atoms with Crippen molar-refractivity contribution in [3.05, 3.63) is 64.0 Å². The Morgan fingerprint density at radius 2 is 1.83 bits per heavy atom. The Hall–Kier alpha value is -4.02. The summed E-state index contributed by atoms with van der Waals surface area (Å²) in [6.07, 6.45) is -1.95. The summed E-state index contributed by atoms with van der Waals surface area (Å²) in [5, 5.41) is 15.5. The highest BCUT2D eigenvalue weighted by molar-refractivity contribution is 5.98. The van der Waals surface area contributed by atoms with Gasteiger partial charge in [0.05, 0.1) is 17.1 Å². The van der Waals surface area contributed by atoms with Crippen LogP contribution >= 0.6 is 0 Å². The minimum atomic E-state index is -1.26. The molecule has 10 nitrogen and oxygen atoms in total. The van der Waals surface area contributed by atoms with Crippen LogP contribution in [-0.4, -0.2) is 35.6 Å². The molecule has 0 fully saturated rings. The maximum atomic E-state index is 13.4. The summed E-state index contributed by atoms with van der Waals surface area (Å²) in [7, 11) is 0. The summed E-state index contributed by atoms with van der Waals surface area (Å²) in [6.45, 7) is 3.12. The molecule has 30 heavy (non-hydrogen) atoms. The van der Waals surface area contributed by atoms with E-state index in [0.29, 0.717) is 5.69 Å². The molecule has 0 aliphatic heterocycles. The zero-order chi connectivity index (χ0) is 22.3. The fraction of sp³-hybridized carbons (Fsp3) is 0.211. The third-order valence-corrected chi connectivity index (χ3v) is 3.68. The van der Waals surface area contributed by atoms with Crippen molar-refractivity contribution >= 4 is 35.0 Å². The van der Waals surface area contributed by atoms with Gasteiger partial charge < -0.3 is 14.8 Å². The number of benzene rings is 2. The van der Waals surface area contributed by atoms with Gasteiger partial charge in [0, 0.05) is 17.4 Å². The number of esters is 1. The molecule has 0 aliphatic carbocycles. The molecule has 2 aromatic carbocycles. The summed E-state index contributed by atoms with van der Waals surface area (Å²) in [6, 6.07) is 8.63. The van der Waals surface area contributed by atoms with Crippen molar-refractivity contribution in [2.24, 2.45) is 0 Å². The monoisotopic (exact) mass is 419 g/mol. The van der Waals surface area contributed by atoms with Crippen molar-refractivity contribution < 1.29 is 33.2 Å². The van der Waals surface area contributed by atoms with Crippen LogP contribution in [0, 0.1) is 15.9 Å². The number of nitro groups is 1. The smallest absolute Gasteiger partial charge is 0.411 e. The fourth-order valence-electron chi connectivity index (χ4n) is 2.27. The van der Waals surface area contributed by atoms with Crippen molar-refractivity contribution in [2.75, 3.05) is 17.2 Å². The maximum Gasteiger partial charge on any atom is 0.411 e. The predicted molar refractivity (Wildman–Crippen MR) is 104 cm³/mol. The molecule has 0 heterocycles. The van der Waals surface area contributed by atoms with Crippen molar-refractivity contribution in [3.8, 4) is 0 Å². The van der Waals surface area contributed by atoms with E-state index in [1.165, 1.54) is 31.2 Å². The molecule has 0 aliphatic rings. The number of hydrogen-bond acceptors (Lipinski definition) is 7. The SMILES string of the molecule is CCOC(=O)Nc1cccc(C(=O)OC(C)C(=O)Nc2ccc(F)c([N+](=O)[O-])c2)c1. The second-order valence-corrected chi connectivity index (χ2v) is 5.89. The molecule has 2 aromatic rings. The molecular weight excluding hydrogens is 401 g/mol. The quantitative estimate of drug-likeness (QED) is 0.398. The Morgan fingerprint density at radius 1 is 1.13 bits per heavy atom. The average Bonchev–Trinajstić information content (AvgIpc) is 2.69. The lowest BCUT2D eigenvalue weighted by Gasteiger charge is -2.14. The zero-order valence-corrected chi connectivity index (χ0v) is 16.0. The molecule has 2 rings (SSSR count). The van der Waals surface area contributed by atoms with Crippen molar-refractivity contribution in [2.45, 2.75) is 20.0 Å². The summed E-state index contributed by atoms with van der Waals surface area (Å²) < 4.78 is 23.2. The standard InChI is InChI=1S/C19H18FN3O7/c1-3-29-19(26)22-13-6-4-5-12(9-13)18(25)30-11(2)17(24)21-14-7-8-15(20)16(10-14)23(27)28/h4-11H,3H2,1-2H3,(H,21,24)(H,22,26). The fourth-order valence-corrected chi connectivity index (χ4v) is 2.27. The van der Waals surface area contributed by atoms with E-state index in [2.05, 4.69) is 10.6 Å².